The van der Waals surface area contributed by atoms with E-state index in [4.69, 9.17) is 14.5 Å². The van der Waals surface area contributed by atoms with Gasteiger partial charge in [-0.1, -0.05) is 37.1 Å². The van der Waals surface area contributed by atoms with Crippen molar-refractivity contribution in [1.29, 1.82) is 0 Å². The average Bonchev–Trinajstić information content (AvgIpc) is 3.42. The third-order valence-corrected chi connectivity index (χ3v) is 7.26. The normalized spacial score (nSPS) is 24.3. The molecule has 0 amide bonds. The first kappa shape index (κ1) is 21.6. The molecule has 1 atom stereocenters. The van der Waals surface area contributed by atoms with Crippen LogP contribution in [-0.2, 0) is 23.1 Å². The first-order chi connectivity index (χ1) is 14.3. The maximum atomic E-state index is 6.36. The van der Waals surface area contributed by atoms with Crippen molar-refractivity contribution >= 4 is 12.4 Å². The Morgan fingerprint density at radius 3 is 2.73 bits per heavy atom. The first-order valence-corrected chi connectivity index (χ1v) is 11.3. The number of aromatic nitrogens is 1. The number of fused-ring (bicyclic) bond motifs is 1. The number of ether oxygens (including phenoxy) is 2. The van der Waals surface area contributed by atoms with E-state index in [0.29, 0.717) is 0 Å². The highest BCUT2D eigenvalue weighted by Crippen LogP contribution is 2.49. The summed E-state index contributed by atoms with van der Waals surface area (Å²) in [5, 5.41) is 3.70. The molecule has 3 heterocycles. The molecule has 162 valence electrons. The summed E-state index contributed by atoms with van der Waals surface area (Å²) in [5.74, 6) is 1.11. The highest BCUT2D eigenvalue weighted by molar-refractivity contribution is 5.85. The zero-order chi connectivity index (χ0) is 19.6. The minimum absolute atomic E-state index is 0. The minimum atomic E-state index is 0. The van der Waals surface area contributed by atoms with Crippen LogP contribution >= 0.6 is 12.4 Å². The van der Waals surface area contributed by atoms with Crippen molar-refractivity contribution < 1.29 is 9.47 Å². The number of hydrogen-bond donors (Lipinski definition) is 1. The van der Waals surface area contributed by atoms with Gasteiger partial charge in [-0.2, -0.15) is 0 Å². The van der Waals surface area contributed by atoms with Gasteiger partial charge in [0.05, 0.1) is 12.2 Å². The number of benzene rings is 1. The van der Waals surface area contributed by atoms with Crippen molar-refractivity contribution in [2.24, 2.45) is 0 Å². The Bertz CT molecular complexity index is 838. The molecule has 2 aromatic rings. The minimum Gasteiger partial charge on any atom is -0.493 e. The summed E-state index contributed by atoms with van der Waals surface area (Å²) in [7, 11) is 0. The molecule has 5 heteroatoms. The van der Waals surface area contributed by atoms with Crippen LogP contribution in [0.3, 0.4) is 0 Å². The van der Waals surface area contributed by atoms with Crippen LogP contribution in [0.5, 0.6) is 5.75 Å². The Morgan fingerprint density at radius 2 is 1.90 bits per heavy atom. The van der Waals surface area contributed by atoms with Gasteiger partial charge in [0.25, 0.3) is 0 Å². The number of hydrogen-bond acceptors (Lipinski definition) is 4. The molecule has 1 spiro atoms. The first-order valence-electron chi connectivity index (χ1n) is 11.3. The van der Waals surface area contributed by atoms with Crippen LogP contribution < -0.4 is 10.1 Å². The largest absolute Gasteiger partial charge is 0.493 e. The van der Waals surface area contributed by atoms with E-state index in [9.17, 15) is 0 Å². The molecule has 3 aliphatic rings. The number of nitrogens with zero attached hydrogens (tertiary/aromatic N) is 1. The molecule has 1 N–H and O–H groups in total. The van der Waals surface area contributed by atoms with E-state index in [-0.39, 0.29) is 23.4 Å². The third kappa shape index (κ3) is 4.23. The lowest BCUT2D eigenvalue weighted by atomic mass is 9.68. The fraction of sp³-hybridized carbons (Fsp3) is 0.560. The Morgan fingerprint density at radius 1 is 1.00 bits per heavy atom. The predicted octanol–water partition coefficient (Wildman–Crippen LogP) is 4.98. The fourth-order valence-corrected chi connectivity index (χ4v) is 5.77. The van der Waals surface area contributed by atoms with Crippen molar-refractivity contribution in [3.63, 3.8) is 0 Å². The van der Waals surface area contributed by atoms with Crippen molar-refractivity contribution in [1.82, 2.24) is 10.3 Å². The van der Waals surface area contributed by atoms with Crippen LogP contribution in [0.4, 0.5) is 0 Å². The lowest BCUT2D eigenvalue weighted by Gasteiger charge is -2.46. The molecule has 2 fully saturated rings. The topological polar surface area (TPSA) is 43.4 Å². The zero-order valence-corrected chi connectivity index (χ0v) is 18.5. The van der Waals surface area contributed by atoms with Gasteiger partial charge in [-0.25, -0.2) is 0 Å². The number of nitrogens with one attached hydrogen (secondary N) is 1. The smallest absolute Gasteiger partial charge is 0.127 e. The fourth-order valence-electron chi connectivity index (χ4n) is 5.77. The lowest BCUT2D eigenvalue weighted by molar-refractivity contribution is -0.104. The summed E-state index contributed by atoms with van der Waals surface area (Å²) < 4.78 is 12.2. The molecule has 0 bridgehead atoms. The number of pyridine rings is 1. The van der Waals surface area contributed by atoms with E-state index in [1.54, 1.807) is 0 Å². The highest BCUT2D eigenvalue weighted by atomic mass is 35.5. The van der Waals surface area contributed by atoms with E-state index < -0.39 is 0 Å². The van der Waals surface area contributed by atoms with Crippen molar-refractivity contribution in [2.75, 3.05) is 19.8 Å². The molecule has 0 unspecified atom stereocenters. The predicted molar refractivity (Wildman–Crippen MR) is 122 cm³/mol. The SMILES string of the molecule is Cl.c1ccc([C@]2(CCNCc3cccc4c3OCC4)CCOC3(CCCC3)C2)nc1. The number of halogens is 1. The van der Waals surface area contributed by atoms with Gasteiger partial charge in [0.2, 0.25) is 0 Å². The van der Waals surface area contributed by atoms with Gasteiger partial charge >= 0.3 is 0 Å². The average molecular weight is 429 g/mol. The zero-order valence-electron chi connectivity index (χ0n) is 17.7. The molecule has 1 aromatic heterocycles. The molecule has 1 saturated heterocycles. The van der Waals surface area contributed by atoms with Crippen LogP contribution in [0.1, 0.15) is 61.8 Å². The molecule has 4 nitrogen and oxygen atoms in total. The van der Waals surface area contributed by atoms with Gasteiger partial charge < -0.3 is 14.8 Å². The van der Waals surface area contributed by atoms with Gasteiger partial charge in [-0.15, -0.1) is 12.4 Å². The van der Waals surface area contributed by atoms with Crippen LogP contribution in [0.15, 0.2) is 42.6 Å². The summed E-state index contributed by atoms with van der Waals surface area (Å²) in [5.41, 5.74) is 4.09. The number of para-hydroxylation sites is 1. The Balaban J connectivity index is 0.00000218. The third-order valence-electron chi connectivity index (χ3n) is 7.26. The standard InChI is InChI=1S/C25H32N2O2.ClH/c1-4-14-27-22(8-1)24(13-17-29-25(19-24)10-2-3-11-25)12-15-26-18-21-7-5-6-20-9-16-28-23(20)21;/h1,4-8,14,26H,2-3,9-13,15-19H2;1H/t24-;/m1./s1. The van der Waals surface area contributed by atoms with Gasteiger partial charge in [0, 0.05) is 42.4 Å². The Hall–Kier alpha value is -1.62. The molecule has 5 rings (SSSR count). The Kier molecular flexibility index (Phi) is 6.66. The summed E-state index contributed by atoms with van der Waals surface area (Å²) >= 11 is 0. The monoisotopic (exact) mass is 428 g/mol. The van der Waals surface area contributed by atoms with Gasteiger partial charge in [-0.05, 0) is 56.3 Å². The molecule has 1 saturated carbocycles. The van der Waals surface area contributed by atoms with Crippen molar-refractivity contribution in [2.45, 2.75) is 68.9 Å². The molecular formula is C25H33ClN2O2. The van der Waals surface area contributed by atoms with Crippen molar-refractivity contribution in [3.05, 3.63) is 59.4 Å². The highest BCUT2D eigenvalue weighted by Gasteiger charge is 2.48. The van der Waals surface area contributed by atoms with E-state index in [0.717, 1.165) is 57.7 Å². The van der Waals surface area contributed by atoms with Crippen LogP contribution in [0.2, 0.25) is 0 Å². The van der Waals surface area contributed by atoms with E-state index >= 15 is 0 Å². The second-order valence-corrected chi connectivity index (χ2v) is 9.09. The summed E-state index contributed by atoms with van der Waals surface area (Å²) in [6.07, 6.45) is 11.3. The van der Waals surface area contributed by atoms with Gasteiger partial charge in [-0.3, -0.25) is 4.98 Å². The van der Waals surface area contributed by atoms with Crippen LogP contribution in [0.25, 0.3) is 0 Å². The molecule has 1 aliphatic carbocycles. The lowest BCUT2D eigenvalue weighted by Crippen LogP contribution is -2.47. The molecule has 1 aromatic carbocycles. The van der Waals surface area contributed by atoms with E-state index in [1.165, 1.54) is 42.5 Å². The van der Waals surface area contributed by atoms with Gasteiger partial charge in [0.15, 0.2) is 0 Å². The maximum Gasteiger partial charge on any atom is 0.127 e. The summed E-state index contributed by atoms with van der Waals surface area (Å²) in [6, 6.07) is 12.9. The molecule has 2 aliphatic heterocycles. The number of rotatable bonds is 6. The second kappa shape index (κ2) is 9.25. The quantitative estimate of drug-likeness (QED) is 0.659. The maximum absolute atomic E-state index is 6.36. The molecule has 0 radical (unpaired) electrons. The summed E-state index contributed by atoms with van der Waals surface area (Å²) in [4.78, 5) is 4.81. The second-order valence-electron chi connectivity index (χ2n) is 9.09. The molecule has 30 heavy (non-hydrogen) atoms. The van der Waals surface area contributed by atoms with Crippen molar-refractivity contribution in [3.8, 4) is 5.75 Å². The van der Waals surface area contributed by atoms with E-state index in [2.05, 4.69) is 35.6 Å². The summed E-state index contributed by atoms with van der Waals surface area (Å²) in [6.45, 7) is 3.52. The molecular weight excluding hydrogens is 396 g/mol. The van der Waals surface area contributed by atoms with Gasteiger partial charge in [0.1, 0.15) is 5.75 Å². The van der Waals surface area contributed by atoms with Crippen LogP contribution in [-0.4, -0.2) is 30.3 Å². The van der Waals surface area contributed by atoms with Crippen LogP contribution in [0, 0.1) is 0 Å². The Labute approximate surface area is 186 Å². The van der Waals surface area contributed by atoms with E-state index in [1.807, 2.05) is 12.3 Å².